The predicted octanol–water partition coefficient (Wildman–Crippen LogP) is 4.00. The molecule has 0 aromatic heterocycles. The molecule has 2 aromatic carbocycles. The fourth-order valence-electron chi connectivity index (χ4n) is 1.79. The molecule has 2 aromatic rings. The first-order chi connectivity index (χ1) is 9.48. The van der Waals surface area contributed by atoms with Gasteiger partial charge in [0.25, 0.3) is 9.05 Å². The molecule has 0 amide bonds. The molecule has 0 unspecified atom stereocenters. The zero-order chi connectivity index (χ0) is 14.6. The molecule has 0 bridgehead atoms. The lowest BCUT2D eigenvalue weighted by molar-refractivity contribution is 0.349. The van der Waals surface area contributed by atoms with Gasteiger partial charge in [0.05, 0.1) is 6.61 Å². The van der Waals surface area contributed by atoms with Crippen LogP contribution in [0.5, 0.6) is 5.75 Å². The van der Waals surface area contributed by atoms with Crippen LogP contribution < -0.4 is 4.74 Å². The minimum absolute atomic E-state index is 0.0733. The van der Waals surface area contributed by atoms with Gasteiger partial charge in [-0.05, 0) is 23.8 Å². The predicted molar refractivity (Wildman–Crippen MR) is 82.8 cm³/mol. The van der Waals surface area contributed by atoms with Crippen molar-refractivity contribution in [2.24, 2.45) is 0 Å². The fraction of sp³-hybridized carbons (Fsp3) is 0.143. The van der Waals surface area contributed by atoms with Crippen LogP contribution in [0.1, 0.15) is 5.56 Å². The van der Waals surface area contributed by atoms with E-state index in [0.717, 1.165) is 16.5 Å². The van der Waals surface area contributed by atoms with Gasteiger partial charge in [-0.3, -0.25) is 0 Å². The van der Waals surface area contributed by atoms with Crippen molar-refractivity contribution in [3.05, 3.63) is 58.6 Å². The van der Waals surface area contributed by atoms with E-state index >= 15 is 0 Å². The number of halogens is 2. The molecule has 1 heterocycles. The molecular formula is C14H12BrClO3S. The number of fused-ring (bicyclic) bond motifs is 1. The van der Waals surface area contributed by atoms with Crippen molar-refractivity contribution in [1.82, 2.24) is 0 Å². The third kappa shape index (κ3) is 3.98. The maximum absolute atomic E-state index is 11.1. The number of hydrogen-bond donors (Lipinski definition) is 0. The standard InChI is InChI=1S/C8H7ClO3S.C6H5Br/c9-13(10,11)7-3-1-2-6-4-5-12-8(6)7;7-6-4-2-1-3-5-6/h1-3H,4-5H2;1-5H. The summed E-state index contributed by atoms with van der Waals surface area (Å²) in [6, 6.07) is 14.9. The third-order valence-corrected chi connectivity index (χ3v) is 4.55. The first-order valence-electron chi connectivity index (χ1n) is 5.88. The van der Waals surface area contributed by atoms with E-state index in [1.807, 2.05) is 36.4 Å². The Balaban J connectivity index is 0.000000178. The summed E-state index contributed by atoms with van der Waals surface area (Å²) in [7, 11) is 1.55. The molecule has 0 atom stereocenters. The second-order valence-corrected chi connectivity index (χ2v) is 7.53. The van der Waals surface area contributed by atoms with Crippen LogP contribution in [-0.4, -0.2) is 15.0 Å². The van der Waals surface area contributed by atoms with E-state index in [-0.39, 0.29) is 4.90 Å². The maximum atomic E-state index is 11.1. The van der Waals surface area contributed by atoms with Crippen LogP contribution in [0.15, 0.2) is 57.9 Å². The molecule has 1 aliphatic heterocycles. The molecule has 0 radical (unpaired) electrons. The molecule has 0 spiro atoms. The van der Waals surface area contributed by atoms with Crippen molar-refractivity contribution >= 4 is 35.7 Å². The van der Waals surface area contributed by atoms with Crippen LogP contribution in [0.3, 0.4) is 0 Å². The normalized spacial score (nSPS) is 12.9. The van der Waals surface area contributed by atoms with E-state index in [1.165, 1.54) is 6.07 Å². The highest BCUT2D eigenvalue weighted by molar-refractivity contribution is 9.10. The Morgan fingerprint density at radius 3 is 2.30 bits per heavy atom. The first kappa shape index (κ1) is 15.4. The van der Waals surface area contributed by atoms with E-state index < -0.39 is 9.05 Å². The van der Waals surface area contributed by atoms with Crippen molar-refractivity contribution in [1.29, 1.82) is 0 Å². The van der Waals surface area contributed by atoms with Gasteiger partial charge >= 0.3 is 0 Å². The molecule has 106 valence electrons. The first-order valence-corrected chi connectivity index (χ1v) is 8.98. The lowest BCUT2D eigenvalue weighted by atomic mass is 10.2. The summed E-state index contributed by atoms with van der Waals surface area (Å²) in [6.45, 7) is 0.527. The van der Waals surface area contributed by atoms with Gasteiger partial charge in [-0.25, -0.2) is 8.42 Å². The third-order valence-electron chi connectivity index (χ3n) is 2.67. The number of para-hydroxylation sites is 1. The lowest BCUT2D eigenvalue weighted by Gasteiger charge is -2.03. The lowest BCUT2D eigenvalue weighted by Crippen LogP contribution is -1.95. The minimum Gasteiger partial charge on any atom is -0.492 e. The van der Waals surface area contributed by atoms with Crippen molar-refractivity contribution in [2.45, 2.75) is 11.3 Å². The van der Waals surface area contributed by atoms with Gasteiger partial charge in [0.1, 0.15) is 10.6 Å². The molecule has 3 rings (SSSR count). The van der Waals surface area contributed by atoms with Crippen molar-refractivity contribution in [2.75, 3.05) is 6.61 Å². The topological polar surface area (TPSA) is 43.4 Å². The van der Waals surface area contributed by atoms with Crippen LogP contribution in [0, 0.1) is 0 Å². The number of ether oxygens (including phenoxy) is 1. The van der Waals surface area contributed by atoms with Crippen molar-refractivity contribution in [3.8, 4) is 5.75 Å². The Labute approximate surface area is 131 Å². The number of hydrogen-bond acceptors (Lipinski definition) is 3. The van der Waals surface area contributed by atoms with Gasteiger partial charge in [0, 0.05) is 21.6 Å². The molecule has 20 heavy (non-hydrogen) atoms. The molecule has 0 aliphatic carbocycles. The van der Waals surface area contributed by atoms with Gasteiger partial charge in [0.2, 0.25) is 0 Å². The van der Waals surface area contributed by atoms with Gasteiger partial charge in [-0.2, -0.15) is 0 Å². The molecule has 3 nitrogen and oxygen atoms in total. The molecule has 0 fully saturated rings. The Morgan fingerprint density at radius 2 is 1.75 bits per heavy atom. The van der Waals surface area contributed by atoms with E-state index in [9.17, 15) is 8.42 Å². The highest BCUT2D eigenvalue weighted by Crippen LogP contribution is 2.34. The van der Waals surface area contributed by atoms with Crippen molar-refractivity contribution in [3.63, 3.8) is 0 Å². The van der Waals surface area contributed by atoms with Gasteiger partial charge in [-0.1, -0.05) is 46.3 Å². The highest BCUT2D eigenvalue weighted by Gasteiger charge is 2.22. The summed E-state index contributed by atoms with van der Waals surface area (Å²) in [5.41, 5.74) is 0.904. The Bertz CT molecular complexity index is 687. The molecule has 6 heteroatoms. The minimum atomic E-state index is -3.68. The van der Waals surface area contributed by atoms with E-state index in [0.29, 0.717) is 12.4 Å². The van der Waals surface area contributed by atoms with Crippen LogP contribution in [0.2, 0.25) is 0 Å². The molecule has 1 aliphatic rings. The summed E-state index contributed by atoms with van der Waals surface area (Å²) >= 11 is 3.31. The molecule has 0 N–H and O–H groups in total. The van der Waals surface area contributed by atoms with E-state index in [4.69, 9.17) is 15.4 Å². The summed E-state index contributed by atoms with van der Waals surface area (Å²) in [6.07, 6.45) is 0.746. The molecular weight excluding hydrogens is 364 g/mol. The average Bonchev–Trinajstić information content (AvgIpc) is 2.87. The average molecular weight is 376 g/mol. The second-order valence-electron chi connectivity index (χ2n) is 4.08. The van der Waals surface area contributed by atoms with Crippen LogP contribution >= 0.6 is 26.6 Å². The smallest absolute Gasteiger partial charge is 0.264 e. The van der Waals surface area contributed by atoms with Crippen LogP contribution in [0.25, 0.3) is 0 Å². The van der Waals surface area contributed by atoms with Crippen molar-refractivity contribution < 1.29 is 13.2 Å². The quantitative estimate of drug-likeness (QED) is 0.708. The Morgan fingerprint density at radius 1 is 1.05 bits per heavy atom. The molecule has 0 saturated heterocycles. The van der Waals surface area contributed by atoms with Crippen LogP contribution in [0.4, 0.5) is 0 Å². The second kappa shape index (κ2) is 6.61. The largest absolute Gasteiger partial charge is 0.492 e. The van der Waals surface area contributed by atoms with Gasteiger partial charge in [-0.15, -0.1) is 0 Å². The SMILES string of the molecule is Brc1ccccc1.O=S(=O)(Cl)c1cccc2c1OCC2. The highest BCUT2D eigenvalue weighted by atomic mass is 79.9. The summed E-state index contributed by atoms with van der Waals surface area (Å²) in [5, 5.41) is 0. The molecule has 0 saturated carbocycles. The monoisotopic (exact) mass is 374 g/mol. The Kier molecular flexibility index (Phi) is 5.07. The number of benzene rings is 2. The fourth-order valence-corrected chi connectivity index (χ4v) is 3.11. The summed E-state index contributed by atoms with van der Waals surface area (Å²) in [5.74, 6) is 0.414. The summed E-state index contributed by atoms with van der Waals surface area (Å²) in [4.78, 5) is 0.0733. The zero-order valence-electron chi connectivity index (χ0n) is 10.4. The van der Waals surface area contributed by atoms with Gasteiger partial charge in [0.15, 0.2) is 0 Å². The Hall–Kier alpha value is -1.04. The van der Waals surface area contributed by atoms with Crippen LogP contribution in [-0.2, 0) is 15.5 Å². The van der Waals surface area contributed by atoms with Gasteiger partial charge < -0.3 is 4.74 Å². The zero-order valence-corrected chi connectivity index (χ0v) is 13.6. The van der Waals surface area contributed by atoms with E-state index in [2.05, 4.69) is 15.9 Å². The van der Waals surface area contributed by atoms with E-state index in [1.54, 1.807) is 6.07 Å². The number of rotatable bonds is 1. The summed E-state index contributed by atoms with van der Waals surface area (Å²) < 4.78 is 28.5. The maximum Gasteiger partial charge on any atom is 0.264 e.